The number of nitrogen functional groups attached to an aromatic ring is 1. The highest BCUT2D eigenvalue weighted by Gasteiger charge is 2.34. The van der Waals surface area contributed by atoms with E-state index in [1.807, 2.05) is 34.6 Å². The summed E-state index contributed by atoms with van der Waals surface area (Å²) in [5, 5.41) is 6.47. The molecule has 0 aliphatic carbocycles. The van der Waals surface area contributed by atoms with Crippen LogP contribution in [0.3, 0.4) is 0 Å². The van der Waals surface area contributed by atoms with Crippen molar-refractivity contribution in [2.75, 3.05) is 83.9 Å². The SMILES string of the molecule is CCOC(=O)C(C)(C)Oc1ccc(Cl)cc1.COc1cc2nc(N3CCN(C(=O)C4COc5ccccc5O4)CC3)nc(N)c2cc1OC.Cc1nc2n(c(=O)c1CCN1CCC(c3noc4cc(F)ccc34)CC1)CCCC2. The van der Waals surface area contributed by atoms with E-state index < -0.39 is 11.7 Å². The van der Waals surface area contributed by atoms with Crippen LogP contribution in [0, 0.1) is 12.7 Å². The fourth-order valence-corrected chi connectivity index (χ4v) is 10.3. The van der Waals surface area contributed by atoms with Gasteiger partial charge in [-0.1, -0.05) is 28.9 Å². The van der Waals surface area contributed by atoms with Crippen LogP contribution in [0.1, 0.15) is 75.1 Å². The largest absolute Gasteiger partial charge is 0.493 e. The monoisotopic (exact) mass is 1100 g/mol. The third-order valence-electron chi connectivity index (χ3n) is 14.5. The molecule has 4 aromatic carbocycles. The minimum absolute atomic E-state index is 0.0834. The Balaban J connectivity index is 0.000000152. The molecule has 4 aliphatic rings. The number of rotatable bonds is 12. The number of fused-ring (bicyclic) bond motifs is 4. The van der Waals surface area contributed by atoms with Crippen LogP contribution in [0.4, 0.5) is 16.2 Å². The number of likely N-dealkylation sites (tertiary alicyclic amines) is 1. The number of carbonyl (C=O) groups excluding carboxylic acids is 2. The molecule has 4 aliphatic heterocycles. The molecule has 0 radical (unpaired) electrons. The number of benzene rings is 4. The normalized spacial score (nSPS) is 16.5. The first-order valence-electron chi connectivity index (χ1n) is 26.7. The Labute approximate surface area is 462 Å². The number of piperidine rings is 1. The van der Waals surface area contributed by atoms with Gasteiger partial charge < -0.3 is 53.4 Å². The highest BCUT2D eigenvalue weighted by atomic mass is 35.5. The lowest BCUT2D eigenvalue weighted by molar-refractivity contribution is -0.158. The van der Waals surface area contributed by atoms with Crippen molar-refractivity contribution in [1.29, 1.82) is 0 Å². The Hall–Kier alpha value is -7.71. The van der Waals surface area contributed by atoms with Crippen LogP contribution in [-0.2, 0) is 33.7 Å². The van der Waals surface area contributed by atoms with E-state index >= 15 is 0 Å². The molecular weight excluding hydrogens is 1040 g/mol. The Morgan fingerprint density at radius 2 is 1.58 bits per heavy atom. The smallest absolute Gasteiger partial charge is 0.349 e. The van der Waals surface area contributed by atoms with E-state index in [9.17, 15) is 18.8 Å². The van der Waals surface area contributed by atoms with Gasteiger partial charge in [0.15, 0.2) is 34.2 Å². The van der Waals surface area contributed by atoms with Crippen LogP contribution >= 0.6 is 11.6 Å². The lowest BCUT2D eigenvalue weighted by Gasteiger charge is -2.37. The molecule has 21 heteroatoms. The summed E-state index contributed by atoms with van der Waals surface area (Å²) in [6, 6.07) is 22.4. The summed E-state index contributed by atoms with van der Waals surface area (Å²) in [4.78, 5) is 57.6. The highest BCUT2D eigenvalue weighted by Crippen LogP contribution is 2.36. The highest BCUT2D eigenvalue weighted by molar-refractivity contribution is 6.30. The van der Waals surface area contributed by atoms with Gasteiger partial charge in [0.2, 0.25) is 12.1 Å². The fourth-order valence-electron chi connectivity index (χ4n) is 10.2. The lowest BCUT2D eigenvalue weighted by Crippen LogP contribution is -2.54. The molecule has 1 atom stereocenters. The molecule has 418 valence electrons. The first kappa shape index (κ1) is 56.0. The van der Waals surface area contributed by atoms with E-state index in [-0.39, 0.29) is 29.9 Å². The van der Waals surface area contributed by atoms with Gasteiger partial charge in [-0.2, -0.15) is 4.98 Å². The van der Waals surface area contributed by atoms with Crippen molar-refractivity contribution in [3.8, 4) is 28.7 Å². The molecule has 79 heavy (non-hydrogen) atoms. The van der Waals surface area contributed by atoms with Gasteiger partial charge in [0, 0.05) is 90.8 Å². The van der Waals surface area contributed by atoms with Crippen molar-refractivity contribution < 1.29 is 46.9 Å². The minimum atomic E-state index is -0.996. The average Bonchev–Trinajstić information content (AvgIpc) is 3.93. The lowest BCUT2D eigenvalue weighted by atomic mass is 9.91. The third kappa shape index (κ3) is 13.1. The molecule has 0 spiro atoms. The molecule has 11 rings (SSSR count). The van der Waals surface area contributed by atoms with E-state index in [0.717, 1.165) is 92.9 Å². The standard InChI is InChI=1S/C23H27FN4O2.C23H25N5O5.C12H15ClO3/c1-15-18(23(29)28-10-3-2-4-21(28)25-15)9-13-27-11-7-16(8-12-27)22-19-6-5-17(24)14-20(19)30-26-22;1-30-18-11-14-15(12-19(18)31-2)25-23(26-21(14)24)28-9-7-27(8-10-28)22(29)20-13-32-16-5-3-4-6-17(16)33-20;1-4-15-11(14)12(2,3)16-10-7-5-9(13)6-8-10/h5-6,14,16H,2-4,7-13H2,1H3;3-6,11-12,20H,7-10,13H2,1-2H3,(H2,24,25,26);5-8H,4H2,1-3H3. The van der Waals surface area contributed by atoms with Gasteiger partial charge in [0.25, 0.3) is 11.5 Å². The Morgan fingerprint density at radius 3 is 2.30 bits per heavy atom. The quantitative estimate of drug-likeness (QED) is 0.114. The van der Waals surface area contributed by atoms with Crippen molar-refractivity contribution in [3.63, 3.8) is 0 Å². The maximum atomic E-state index is 13.4. The summed E-state index contributed by atoms with van der Waals surface area (Å²) >= 11 is 5.75. The first-order chi connectivity index (χ1) is 38.1. The fraction of sp³-hybridized carbons (Fsp3) is 0.431. The number of amides is 1. The number of anilines is 2. The number of methoxy groups -OCH3 is 2. The van der Waals surface area contributed by atoms with Crippen molar-refractivity contribution in [2.24, 2.45) is 0 Å². The number of aromatic nitrogens is 5. The number of para-hydroxylation sites is 2. The van der Waals surface area contributed by atoms with E-state index in [1.54, 1.807) is 88.4 Å². The molecule has 7 aromatic rings. The maximum Gasteiger partial charge on any atom is 0.349 e. The Bertz CT molecular complexity index is 3340. The van der Waals surface area contributed by atoms with E-state index in [0.29, 0.717) is 101 Å². The second-order valence-electron chi connectivity index (χ2n) is 20.2. The van der Waals surface area contributed by atoms with Gasteiger partial charge in [0.1, 0.15) is 29.8 Å². The van der Waals surface area contributed by atoms with E-state index in [1.165, 1.54) is 12.1 Å². The molecule has 2 N–H and O–H groups in total. The van der Waals surface area contributed by atoms with Crippen LogP contribution < -0.4 is 39.9 Å². The zero-order valence-electron chi connectivity index (χ0n) is 45.5. The van der Waals surface area contributed by atoms with Crippen molar-refractivity contribution in [3.05, 3.63) is 123 Å². The Kier molecular flexibility index (Phi) is 17.7. The van der Waals surface area contributed by atoms with Crippen molar-refractivity contribution in [2.45, 2.75) is 90.4 Å². The summed E-state index contributed by atoms with van der Waals surface area (Å²) < 4.78 is 53.4. The van der Waals surface area contributed by atoms with Gasteiger partial charge in [-0.05, 0) is 127 Å². The topological polar surface area (TPSA) is 212 Å². The molecule has 2 saturated heterocycles. The second-order valence-corrected chi connectivity index (χ2v) is 20.6. The number of carbonyl (C=O) groups is 2. The van der Waals surface area contributed by atoms with Gasteiger partial charge in [-0.3, -0.25) is 14.2 Å². The van der Waals surface area contributed by atoms with Crippen molar-refractivity contribution in [1.82, 2.24) is 34.5 Å². The molecular formula is C58H67ClFN9O10. The van der Waals surface area contributed by atoms with Crippen molar-refractivity contribution >= 4 is 57.1 Å². The number of esters is 1. The number of piperazine rings is 1. The molecule has 1 amide bonds. The van der Waals surface area contributed by atoms with Gasteiger partial charge in [0.05, 0.1) is 32.0 Å². The zero-order valence-corrected chi connectivity index (χ0v) is 46.2. The second kappa shape index (κ2) is 25.0. The van der Waals surface area contributed by atoms with Crippen LogP contribution in [0.15, 0.2) is 88.2 Å². The zero-order chi connectivity index (χ0) is 55.8. The molecule has 2 fully saturated rings. The number of nitrogens with zero attached hydrogens (tertiary/aromatic N) is 8. The summed E-state index contributed by atoms with van der Waals surface area (Å²) in [5.41, 5.74) is 9.27. The minimum Gasteiger partial charge on any atom is -0.493 e. The molecule has 19 nitrogen and oxygen atoms in total. The average molecular weight is 1100 g/mol. The molecule has 7 heterocycles. The first-order valence-corrected chi connectivity index (χ1v) is 27.1. The van der Waals surface area contributed by atoms with Gasteiger partial charge in [-0.15, -0.1) is 0 Å². The maximum absolute atomic E-state index is 13.4. The number of halogens is 2. The van der Waals surface area contributed by atoms with Crippen LogP contribution in [0.25, 0.3) is 21.9 Å². The molecule has 3 aromatic heterocycles. The predicted molar refractivity (Wildman–Crippen MR) is 297 cm³/mol. The summed E-state index contributed by atoms with van der Waals surface area (Å²) in [6.07, 6.45) is 5.16. The number of hydrogen-bond donors (Lipinski definition) is 1. The van der Waals surface area contributed by atoms with Gasteiger partial charge >= 0.3 is 5.97 Å². The third-order valence-corrected chi connectivity index (χ3v) is 14.8. The number of ether oxygens (including phenoxy) is 6. The van der Waals surface area contributed by atoms with E-state index in [4.69, 9.17) is 55.3 Å². The summed E-state index contributed by atoms with van der Waals surface area (Å²) in [5.74, 6) is 4.36. The molecule has 1 unspecified atom stereocenters. The van der Waals surface area contributed by atoms with Crippen LogP contribution in [-0.4, -0.2) is 131 Å². The molecule has 0 saturated carbocycles. The molecule has 0 bridgehead atoms. The van der Waals surface area contributed by atoms with Crippen LogP contribution in [0.5, 0.6) is 28.7 Å². The van der Waals surface area contributed by atoms with Crippen LogP contribution in [0.2, 0.25) is 5.02 Å². The van der Waals surface area contributed by atoms with Gasteiger partial charge in [-0.25, -0.2) is 19.2 Å². The predicted octanol–water partition coefficient (Wildman–Crippen LogP) is 8.37. The van der Waals surface area contributed by atoms with E-state index in [2.05, 4.69) is 20.0 Å². The number of nitrogens with two attached hydrogens (primary N) is 1. The number of aryl methyl sites for hydroxylation is 2. The Morgan fingerprint density at radius 1 is 0.861 bits per heavy atom. The number of hydrogen-bond acceptors (Lipinski definition) is 17. The summed E-state index contributed by atoms with van der Waals surface area (Å²) in [6.45, 7) is 13.4. The summed E-state index contributed by atoms with van der Waals surface area (Å²) in [7, 11) is 3.14.